The van der Waals surface area contributed by atoms with Crippen LogP contribution in [0.3, 0.4) is 0 Å². The summed E-state index contributed by atoms with van der Waals surface area (Å²) in [6, 6.07) is 8.76. The van der Waals surface area contributed by atoms with Crippen molar-refractivity contribution in [3.8, 4) is 0 Å². The number of benzene rings is 1. The van der Waals surface area contributed by atoms with Crippen molar-refractivity contribution in [2.24, 2.45) is 0 Å². The summed E-state index contributed by atoms with van der Waals surface area (Å²) in [5.74, 6) is 0. The average molecular weight is 203 g/mol. The molecule has 0 aliphatic heterocycles. The molecule has 1 aromatic carbocycles. The molecular weight excluding hydrogens is 186 g/mol. The van der Waals surface area contributed by atoms with Gasteiger partial charge >= 0.3 is 0 Å². The predicted molar refractivity (Wildman–Crippen MR) is 62.9 cm³/mol. The summed E-state index contributed by atoms with van der Waals surface area (Å²) in [5, 5.41) is 0. The topological polar surface area (TPSA) is 21.1 Å². The number of nitrogens with zero attached hydrogens (tertiary/aromatic N) is 3. The highest BCUT2D eigenvalue weighted by atomic mass is 15.1. The van der Waals surface area contributed by atoms with E-state index in [1.807, 2.05) is 18.5 Å². The van der Waals surface area contributed by atoms with E-state index in [0.717, 1.165) is 12.1 Å². The van der Waals surface area contributed by atoms with Crippen LogP contribution in [0.4, 0.5) is 0 Å². The molecule has 0 spiro atoms. The zero-order valence-electron chi connectivity index (χ0n) is 9.51. The maximum absolute atomic E-state index is 4.38. The summed E-state index contributed by atoms with van der Waals surface area (Å²) in [5.41, 5.74) is 2.29. The number of fused-ring (bicyclic) bond motifs is 1. The smallest absolute Gasteiger partial charge is 0.0958 e. The summed E-state index contributed by atoms with van der Waals surface area (Å²) >= 11 is 0. The van der Waals surface area contributed by atoms with Gasteiger partial charge in [-0.15, -0.1) is 0 Å². The molecule has 3 heteroatoms. The summed E-state index contributed by atoms with van der Waals surface area (Å²) in [6.07, 6.45) is 1.92. The molecule has 1 aromatic heterocycles. The Morgan fingerprint density at radius 3 is 2.80 bits per heavy atom. The Kier molecular flexibility index (Phi) is 2.73. The van der Waals surface area contributed by atoms with E-state index in [9.17, 15) is 0 Å². The van der Waals surface area contributed by atoms with Crippen LogP contribution in [0, 0.1) is 0 Å². The fraction of sp³-hybridized carbons (Fsp3) is 0.417. The lowest BCUT2D eigenvalue weighted by molar-refractivity contribution is 0.286. The van der Waals surface area contributed by atoms with Gasteiger partial charge in [0.25, 0.3) is 0 Å². The molecule has 0 aliphatic carbocycles. The molecule has 1 heterocycles. The highest BCUT2D eigenvalue weighted by Crippen LogP contribution is 2.12. The van der Waals surface area contributed by atoms with Crippen LogP contribution in [-0.4, -0.2) is 34.6 Å². The maximum atomic E-state index is 4.38. The highest BCUT2D eigenvalue weighted by Gasteiger charge is 2.07. The van der Waals surface area contributed by atoms with Crippen molar-refractivity contribution in [3.63, 3.8) is 0 Å². The average Bonchev–Trinajstić information content (AvgIpc) is 2.62. The molecule has 3 nitrogen and oxygen atoms in total. The van der Waals surface area contributed by atoms with Gasteiger partial charge in [-0.2, -0.15) is 0 Å². The standard InChI is InChI=1S/C12H17N3/c1-10(14(2)3)8-15-9-13-11-6-4-5-7-12(11)15/h4-7,9-10H,8H2,1-3H3. The van der Waals surface area contributed by atoms with Crippen LogP contribution >= 0.6 is 0 Å². The van der Waals surface area contributed by atoms with E-state index in [1.54, 1.807) is 0 Å². The number of para-hydroxylation sites is 2. The monoisotopic (exact) mass is 203 g/mol. The van der Waals surface area contributed by atoms with Crippen LogP contribution in [0.5, 0.6) is 0 Å². The predicted octanol–water partition coefficient (Wildman–Crippen LogP) is 1.99. The fourth-order valence-corrected chi connectivity index (χ4v) is 1.60. The summed E-state index contributed by atoms with van der Waals surface area (Å²) in [6.45, 7) is 3.20. The summed E-state index contributed by atoms with van der Waals surface area (Å²) in [4.78, 5) is 6.59. The van der Waals surface area contributed by atoms with Gasteiger partial charge in [-0.25, -0.2) is 4.98 Å². The molecule has 2 rings (SSSR count). The van der Waals surface area contributed by atoms with Crippen LogP contribution in [-0.2, 0) is 6.54 Å². The Morgan fingerprint density at radius 2 is 2.07 bits per heavy atom. The van der Waals surface area contributed by atoms with E-state index in [4.69, 9.17) is 0 Å². The first-order valence-electron chi connectivity index (χ1n) is 5.25. The van der Waals surface area contributed by atoms with E-state index in [-0.39, 0.29) is 0 Å². The largest absolute Gasteiger partial charge is 0.329 e. The van der Waals surface area contributed by atoms with Crippen molar-refractivity contribution < 1.29 is 0 Å². The lowest BCUT2D eigenvalue weighted by Gasteiger charge is -2.20. The fourth-order valence-electron chi connectivity index (χ4n) is 1.60. The second-order valence-corrected chi connectivity index (χ2v) is 4.20. The first-order valence-corrected chi connectivity index (χ1v) is 5.25. The molecular formula is C12H17N3. The van der Waals surface area contributed by atoms with Crippen molar-refractivity contribution in [2.75, 3.05) is 14.1 Å². The van der Waals surface area contributed by atoms with E-state index in [1.165, 1.54) is 5.52 Å². The molecule has 1 unspecified atom stereocenters. The quantitative estimate of drug-likeness (QED) is 0.760. The van der Waals surface area contributed by atoms with Crippen molar-refractivity contribution in [2.45, 2.75) is 19.5 Å². The van der Waals surface area contributed by atoms with Crippen molar-refractivity contribution >= 4 is 11.0 Å². The molecule has 0 aliphatic rings. The Bertz CT molecular complexity index is 445. The molecule has 15 heavy (non-hydrogen) atoms. The molecule has 1 atom stereocenters. The van der Waals surface area contributed by atoms with Crippen LogP contribution in [0.2, 0.25) is 0 Å². The first-order chi connectivity index (χ1) is 7.18. The second-order valence-electron chi connectivity index (χ2n) is 4.20. The van der Waals surface area contributed by atoms with Crippen LogP contribution < -0.4 is 0 Å². The van der Waals surface area contributed by atoms with Crippen LogP contribution in [0.1, 0.15) is 6.92 Å². The normalized spacial score (nSPS) is 13.6. The van der Waals surface area contributed by atoms with Gasteiger partial charge in [0.2, 0.25) is 0 Å². The van der Waals surface area contributed by atoms with E-state index < -0.39 is 0 Å². The second kappa shape index (κ2) is 4.03. The number of imidazole rings is 1. The number of aromatic nitrogens is 2. The van der Waals surface area contributed by atoms with Gasteiger partial charge in [-0.1, -0.05) is 12.1 Å². The van der Waals surface area contributed by atoms with Crippen molar-refractivity contribution in [1.82, 2.24) is 14.5 Å². The highest BCUT2D eigenvalue weighted by molar-refractivity contribution is 5.74. The summed E-state index contributed by atoms with van der Waals surface area (Å²) in [7, 11) is 4.20. The van der Waals surface area contributed by atoms with Gasteiger partial charge in [0.15, 0.2) is 0 Å². The van der Waals surface area contributed by atoms with E-state index in [2.05, 4.69) is 47.6 Å². The molecule has 0 bridgehead atoms. The van der Waals surface area contributed by atoms with Gasteiger partial charge in [-0.3, -0.25) is 0 Å². The number of hydrogen-bond acceptors (Lipinski definition) is 2. The lowest BCUT2D eigenvalue weighted by Crippen LogP contribution is -2.28. The molecule has 0 N–H and O–H groups in total. The van der Waals surface area contributed by atoms with Gasteiger partial charge in [0.05, 0.1) is 17.4 Å². The molecule has 0 saturated carbocycles. The number of rotatable bonds is 3. The Balaban J connectivity index is 2.29. The Hall–Kier alpha value is -1.35. The zero-order chi connectivity index (χ0) is 10.8. The number of likely N-dealkylation sites (N-methyl/N-ethyl adjacent to an activating group) is 1. The molecule has 0 amide bonds. The first kappa shape index (κ1) is 10.2. The Morgan fingerprint density at radius 1 is 1.33 bits per heavy atom. The zero-order valence-corrected chi connectivity index (χ0v) is 9.51. The third kappa shape index (κ3) is 2.02. The molecule has 0 saturated heterocycles. The van der Waals surface area contributed by atoms with E-state index >= 15 is 0 Å². The van der Waals surface area contributed by atoms with Gasteiger partial charge < -0.3 is 9.47 Å². The minimum atomic E-state index is 0.516. The molecule has 0 fully saturated rings. The van der Waals surface area contributed by atoms with Gasteiger partial charge in [0, 0.05) is 12.6 Å². The van der Waals surface area contributed by atoms with Crippen molar-refractivity contribution in [1.29, 1.82) is 0 Å². The lowest BCUT2D eigenvalue weighted by atomic mass is 10.3. The third-order valence-corrected chi connectivity index (χ3v) is 2.87. The molecule has 80 valence electrons. The minimum Gasteiger partial charge on any atom is -0.329 e. The maximum Gasteiger partial charge on any atom is 0.0958 e. The SMILES string of the molecule is CC(Cn1cnc2ccccc21)N(C)C. The number of hydrogen-bond donors (Lipinski definition) is 0. The van der Waals surface area contributed by atoms with E-state index in [0.29, 0.717) is 6.04 Å². The van der Waals surface area contributed by atoms with Crippen molar-refractivity contribution in [3.05, 3.63) is 30.6 Å². The molecule has 0 radical (unpaired) electrons. The van der Waals surface area contributed by atoms with Crippen LogP contribution in [0.15, 0.2) is 30.6 Å². The summed E-state index contributed by atoms with van der Waals surface area (Å²) < 4.78 is 2.21. The van der Waals surface area contributed by atoms with Crippen LogP contribution in [0.25, 0.3) is 11.0 Å². The molecule has 2 aromatic rings. The van der Waals surface area contributed by atoms with Gasteiger partial charge in [0.1, 0.15) is 0 Å². The minimum absolute atomic E-state index is 0.516. The van der Waals surface area contributed by atoms with Gasteiger partial charge in [-0.05, 0) is 33.2 Å². The Labute approximate surface area is 90.3 Å². The third-order valence-electron chi connectivity index (χ3n) is 2.87.